The van der Waals surface area contributed by atoms with Gasteiger partial charge in [-0.15, -0.1) is 0 Å². The summed E-state index contributed by atoms with van der Waals surface area (Å²) < 4.78 is 22.2. The van der Waals surface area contributed by atoms with Crippen molar-refractivity contribution < 1.29 is 13.2 Å². The molecule has 0 aliphatic carbocycles. The summed E-state index contributed by atoms with van der Waals surface area (Å²) in [4.78, 5) is 10.8. The molecule has 0 radical (unpaired) electrons. The van der Waals surface area contributed by atoms with E-state index in [1.165, 1.54) is 18.2 Å². The van der Waals surface area contributed by atoms with Gasteiger partial charge in [-0.05, 0) is 29.8 Å². The molecule has 0 bridgehead atoms. The summed E-state index contributed by atoms with van der Waals surface area (Å²) in [6, 6.07) is 3.80. The van der Waals surface area contributed by atoms with Gasteiger partial charge in [0.1, 0.15) is 0 Å². The van der Waals surface area contributed by atoms with Gasteiger partial charge in [-0.2, -0.15) is 0 Å². The maximum atomic E-state index is 11.1. The van der Waals surface area contributed by atoms with Crippen molar-refractivity contribution in [2.24, 2.45) is 0 Å². The summed E-state index contributed by atoms with van der Waals surface area (Å²) in [5, 5.41) is -0.706. The number of halogens is 1. The molecule has 4 nitrogen and oxygen atoms in total. The fourth-order valence-electron chi connectivity index (χ4n) is 0.950. The molecule has 0 unspecified atom stereocenters. The van der Waals surface area contributed by atoms with Crippen LogP contribution in [0, 0.1) is 0 Å². The number of sulfone groups is 1. The van der Waals surface area contributed by atoms with Crippen LogP contribution in [0.3, 0.4) is 0 Å². The zero-order valence-corrected chi connectivity index (χ0v) is 8.89. The lowest BCUT2D eigenvalue weighted by Crippen LogP contribution is -2.02. The molecule has 0 saturated heterocycles. The van der Waals surface area contributed by atoms with Crippen molar-refractivity contribution >= 4 is 32.4 Å². The van der Waals surface area contributed by atoms with Crippen molar-refractivity contribution in [2.75, 3.05) is 12.0 Å². The van der Waals surface area contributed by atoms with Crippen LogP contribution in [0.15, 0.2) is 23.1 Å². The molecule has 0 amide bonds. The zero-order valence-electron chi connectivity index (χ0n) is 7.32. The molecule has 2 N–H and O–H groups in total. The first-order chi connectivity index (χ1) is 6.32. The highest BCUT2D eigenvalue weighted by Gasteiger charge is 2.12. The molecule has 0 fully saturated rings. The summed E-state index contributed by atoms with van der Waals surface area (Å²) in [7, 11) is -3.30. The van der Waals surface area contributed by atoms with Crippen molar-refractivity contribution in [2.45, 2.75) is 4.90 Å². The van der Waals surface area contributed by atoms with Crippen LogP contribution in [0.25, 0.3) is 0 Å². The number of hydrogen-bond donors (Lipinski definition) is 1. The minimum Gasteiger partial charge on any atom is -0.398 e. The maximum absolute atomic E-state index is 11.1. The normalized spacial score (nSPS) is 11.3. The Labute approximate surface area is 86.6 Å². The number of carbonyl (C=O) groups is 1. The summed E-state index contributed by atoms with van der Waals surface area (Å²) in [5.41, 5.74) is 5.62. The quantitative estimate of drug-likeness (QED) is 0.612. The summed E-state index contributed by atoms with van der Waals surface area (Å²) >= 11 is 5.21. The van der Waals surface area contributed by atoms with E-state index in [2.05, 4.69) is 0 Å². The van der Waals surface area contributed by atoms with Crippen LogP contribution in [-0.2, 0) is 9.84 Å². The van der Waals surface area contributed by atoms with Crippen molar-refractivity contribution in [3.8, 4) is 0 Å². The number of nitrogen functional groups attached to an aromatic ring is 1. The molecule has 0 aliphatic heterocycles. The van der Waals surface area contributed by atoms with Gasteiger partial charge in [0.05, 0.1) is 10.5 Å². The van der Waals surface area contributed by atoms with Gasteiger partial charge < -0.3 is 5.73 Å². The topological polar surface area (TPSA) is 77.2 Å². The van der Waals surface area contributed by atoms with E-state index in [4.69, 9.17) is 17.3 Å². The van der Waals surface area contributed by atoms with Crippen LogP contribution >= 0.6 is 11.6 Å². The molecule has 0 atom stereocenters. The van der Waals surface area contributed by atoms with E-state index in [0.29, 0.717) is 0 Å². The smallest absolute Gasteiger partial charge is 0.254 e. The van der Waals surface area contributed by atoms with Crippen LogP contribution in [0.1, 0.15) is 10.4 Å². The summed E-state index contributed by atoms with van der Waals surface area (Å²) in [5.74, 6) is 0. The third-order valence-electron chi connectivity index (χ3n) is 1.66. The van der Waals surface area contributed by atoms with E-state index in [9.17, 15) is 13.2 Å². The molecule has 0 heterocycles. The maximum Gasteiger partial charge on any atom is 0.254 e. The fraction of sp³-hybridized carbons (Fsp3) is 0.125. The van der Waals surface area contributed by atoms with Gasteiger partial charge in [0.2, 0.25) is 0 Å². The van der Waals surface area contributed by atoms with Crippen molar-refractivity contribution in [3.63, 3.8) is 0 Å². The molecule has 1 aromatic rings. The second kappa shape index (κ2) is 3.59. The highest BCUT2D eigenvalue weighted by Crippen LogP contribution is 2.19. The van der Waals surface area contributed by atoms with E-state index in [1.54, 1.807) is 0 Å². The average Bonchev–Trinajstić information content (AvgIpc) is 2.01. The summed E-state index contributed by atoms with van der Waals surface area (Å²) in [6.45, 7) is 0. The van der Waals surface area contributed by atoms with E-state index in [0.717, 1.165) is 6.26 Å². The molecule has 0 spiro atoms. The largest absolute Gasteiger partial charge is 0.398 e. The Balaban J connectivity index is 3.34. The van der Waals surface area contributed by atoms with Crippen LogP contribution < -0.4 is 5.73 Å². The molecular weight excluding hydrogens is 226 g/mol. The van der Waals surface area contributed by atoms with E-state index >= 15 is 0 Å². The lowest BCUT2D eigenvalue weighted by molar-refractivity contribution is 0.108. The first-order valence-corrected chi connectivity index (χ1v) is 5.88. The van der Waals surface area contributed by atoms with E-state index in [-0.39, 0.29) is 16.1 Å². The molecule has 1 rings (SSSR count). The first-order valence-electron chi connectivity index (χ1n) is 3.62. The average molecular weight is 234 g/mol. The molecule has 14 heavy (non-hydrogen) atoms. The number of benzene rings is 1. The Morgan fingerprint density at radius 2 is 2.00 bits per heavy atom. The van der Waals surface area contributed by atoms with Gasteiger partial charge in [0.15, 0.2) is 9.84 Å². The Morgan fingerprint density at radius 3 is 2.36 bits per heavy atom. The van der Waals surface area contributed by atoms with E-state index in [1.807, 2.05) is 0 Å². The Morgan fingerprint density at radius 1 is 1.43 bits per heavy atom. The highest BCUT2D eigenvalue weighted by molar-refractivity contribution is 7.90. The predicted molar refractivity (Wildman–Crippen MR) is 54.1 cm³/mol. The van der Waals surface area contributed by atoms with Crippen LogP contribution in [0.4, 0.5) is 5.69 Å². The second-order valence-electron chi connectivity index (χ2n) is 2.79. The highest BCUT2D eigenvalue weighted by atomic mass is 35.5. The molecule has 0 aromatic heterocycles. The molecule has 1 aromatic carbocycles. The standard InChI is InChI=1S/C8H8ClNO3S/c1-14(12,13)5-2-3-6(8(9)11)7(10)4-5/h2-4H,10H2,1H3. The van der Waals surface area contributed by atoms with Crippen LogP contribution in [-0.4, -0.2) is 19.9 Å². The molecule has 0 saturated carbocycles. The number of rotatable bonds is 2. The second-order valence-corrected chi connectivity index (χ2v) is 5.15. The van der Waals surface area contributed by atoms with Gasteiger partial charge in [-0.1, -0.05) is 0 Å². The van der Waals surface area contributed by atoms with Gasteiger partial charge in [-0.3, -0.25) is 4.79 Å². The molecule has 76 valence electrons. The monoisotopic (exact) mass is 233 g/mol. The fourth-order valence-corrected chi connectivity index (χ4v) is 1.78. The number of nitrogens with two attached hydrogens (primary N) is 1. The summed E-state index contributed by atoms with van der Waals surface area (Å²) in [6.07, 6.45) is 1.06. The predicted octanol–water partition coefficient (Wildman–Crippen LogP) is 1.05. The third-order valence-corrected chi connectivity index (χ3v) is 2.98. The van der Waals surface area contributed by atoms with Gasteiger partial charge in [0, 0.05) is 11.9 Å². The van der Waals surface area contributed by atoms with Gasteiger partial charge >= 0.3 is 0 Å². The van der Waals surface area contributed by atoms with Crippen molar-refractivity contribution in [3.05, 3.63) is 23.8 Å². The van der Waals surface area contributed by atoms with Crippen LogP contribution in [0.2, 0.25) is 0 Å². The number of anilines is 1. The first kappa shape index (κ1) is 11.0. The van der Waals surface area contributed by atoms with E-state index < -0.39 is 15.1 Å². The van der Waals surface area contributed by atoms with Gasteiger partial charge in [0.25, 0.3) is 5.24 Å². The Hall–Kier alpha value is -1.07. The Bertz CT molecular complexity index is 481. The molecule has 0 aliphatic rings. The van der Waals surface area contributed by atoms with Crippen LogP contribution in [0.5, 0.6) is 0 Å². The number of hydrogen-bond acceptors (Lipinski definition) is 4. The van der Waals surface area contributed by atoms with Gasteiger partial charge in [-0.25, -0.2) is 8.42 Å². The molecular formula is C8H8ClNO3S. The lowest BCUT2D eigenvalue weighted by atomic mass is 10.2. The zero-order chi connectivity index (χ0) is 10.9. The minimum absolute atomic E-state index is 0.0629. The van der Waals surface area contributed by atoms with Crippen molar-refractivity contribution in [1.29, 1.82) is 0 Å². The minimum atomic E-state index is -3.30. The number of carbonyl (C=O) groups excluding carboxylic acids is 1. The third kappa shape index (κ3) is 2.24. The molecule has 6 heteroatoms. The SMILES string of the molecule is CS(=O)(=O)c1ccc(C(=O)Cl)c(N)c1. The van der Waals surface area contributed by atoms with Crippen molar-refractivity contribution in [1.82, 2.24) is 0 Å². The Kier molecular flexibility index (Phi) is 2.82. The lowest BCUT2D eigenvalue weighted by Gasteiger charge is -2.03.